The van der Waals surface area contributed by atoms with Crippen molar-refractivity contribution in [2.75, 3.05) is 26.7 Å². The van der Waals surface area contributed by atoms with E-state index in [2.05, 4.69) is 56.4 Å². The van der Waals surface area contributed by atoms with Crippen LogP contribution in [-0.4, -0.2) is 59.4 Å². The summed E-state index contributed by atoms with van der Waals surface area (Å²) in [5.41, 5.74) is 3.98. The molecule has 1 aliphatic carbocycles. The number of fused-ring (bicyclic) bond motifs is 2. The smallest absolute Gasteiger partial charge is 0.324 e. The van der Waals surface area contributed by atoms with Crippen LogP contribution >= 0.6 is 15.9 Å². The summed E-state index contributed by atoms with van der Waals surface area (Å²) in [7, 11) is 2.19. The van der Waals surface area contributed by atoms with Gasteiger partial charge in [-0.15, -0.1) is 0 Å². The monoisotopic (exact) mass is 416 g/mol. The Morgan fingerprint density at radius 1 is 1.31 bits per heavy atom. The van der Waals surface area contributed by atoms with Crippen LogP contribution in [0.1, 0.15) is 23.5 Å². The number of rotatable bonds is 2. The Balaban J connectivity index is 1.46. The van der Waals surface area contributed by atoms with Gasteiger partial charge in [-0.25, -0.2) is 4.79 Å². The lowest BCUT2D eigenvalue weighted by Gasteiger charge is -2.46. The number of piperidine rings is 1. The fourth-order valence-corrected chi connectivity index (χ4v) is 5.75. The van der Waals surface area contributed by atoms with Gasteiger partial charge in [-0.1, -0.05) is 12.1 Å². The number of hydrogen-bond donors (Lipinski definition) is 2. The van der Waals surface area contributed by atoms with Gasteiger partial charge in [0.2, 0.25) is 5.91 Å². The second-order valence-corrected chi connectivity index (χ2v) is 8.63. The van der Waals surface area contributed by atoms with Crippen molar-refractivity contribution in [1.82, 2.24) is 20.1 Å². The maximum Gasteiger partial charge on any atom is 0.324 e. The van der Waals surface area contributed by atoms with Crippen molar-refractivity contribution in [3.05, 3.63) is 33.9 Å². The SMILES string of the molecule is CN1C[C@H](CN2CC(=O)NC2=O)C[C@@H]2c3cccc4[nH]c(Br)c(c34)C[C@H]21. The Kier molecular flexibility index (Phi) is 3.66. The molecule has 0 unspecified atom stereocenters. The summed E-state index contributed by atoms with van der Waals surface area (Å²) in [4.78, 5) is 30.9. The van der Waals surface area contributed by atoms with Gasteiger partial charge in [-0.05, 0) is 58.9 Å². The minimum atomic E-state index is -0.248. The van der Waals surface area contributed by atoms with E-state index in [1.165, 1.54) is 22.0 Å². The maximum atomic E-state index is 11.9. The van der Waals surface area contributed by atoms with Crippen molar-refractivity contribution in [3.8, 4) is 0 Å². The molecule has 7 heteroatoms. The largest absolute Gasteiger partial charge is 0.349 e. The Hall–Kier alpha value is -1.86. The number of imide groups is 1. The van der Waals surface area contributed by atoms with Crippen LogP contribution in [0.2, 0.25) is 0 Å². The first-order chi connectivity index (χ1) is 12.5. The van der Waals surface area contributed by atoms with Crippen molar-refractivity contribution in [1.29, 1.82) is 0 Å². The van der Waals surface area contributed by atoms with Crippen LogP contribution in [0.3, 0.4) is 0 Å². The summed E-state index contributed by atoms with van der Waals surface area (Å²) in [6.45, 7) is 1.79. The fraction of sp³-hybridized carbons (Fsp3) is 0.474. The zero-order valence-electron chi connectivity index (χ0n) is 14.6. The number of amides is 3. The van der Waals surface area contributed by atoms with Gasteiger partial charge in [0.15, 0.2) is 0 Å². The van der Waals surface area contributed by atoms with Gasteiger partial charge >= 0.3 is 6.03 Å². The van der Waals surface area contributed by atoms with Crippen LogP contribution < -0.4 is 5.32 Å². The first-order valence-electron chi connectivity index (χ1n) is 9.09. The molecule has 136 valence electrons. The summed E-state index contributed by atoms with van der Waals surface area (Å²) in [5, 5.41) is 3.75. The molecule has 0 bridgehead atoms. The molecule has 0 saturated carbocycles. The van der Waals surface area contributed by atoms with E-state index in [0.29, 0.717) is 24.4 Å². The van der Waals surface area contributed by atoms with Crippen LogP contribution in [0.25, 0.3) is 10.9 Å². The molecule has 1 aromatic carbocycles. The maximum absolute atomic E-state index is 11.9. The molecular weight excluding hydrogens is 396 g/mol. The minimum Gasteiger partial charge on any atom is -0.349 e. The lowest BCUT2D eigenvalue weighted by molar-refractivity contribution is -0.118. The molecule has 2 N–H and O–H groups in total. The van der Waals surface area contributed by atoms with Crippen LogP contribution in [0.4, 0.5) is 4.79 Å². The molecule has 2 aliphatic heterocycles. The first kappa shape index (κ1) is 16.3. The molecule has 3 amide bonds. The van der Waals surface area contributed by atoms with Crippen LogP contribution in [0.5, 0.6) is 0 Å². The number of likely N-dealkylation sites (tertiary alicyclic amines) is 1. The molecule has 0 radical (unpaired) electrons. The third kappa shape index (κ3) is 2.41. The molecule has 3 aliphatic rings. The molecule has 5 rings (SSSR count). The topological polar surface area (TPSA) is 68.4 Å². The van der Waals surface area contributed by atoms with E-state index in [0.717, 1.165) is 24.0 Å². The second-order valence-electron chi connectivity index (χ2n) is 7.84. The number of carbonyl (C=O) groups excluding carboxylic acids is 2. The average Bonchev–Trinajstić information content (AvgIpc) is 3.08. The van der Waals surface area contributed by atoms with Crippen LogP contribution in [0, 0.1) is 5.92 Å². The summed E-state index contributed by atoms with van der Waals surface area (Å²) >= 11 is 3.70. The van der Waals surface area contributed by atoms with Crippen molar-refractivity contribution < 1.29 is 9.59 Å². The predicted octanol–water partition coefficient (Wildman–Crippen LogP) is 2.44. The number of nitrogens with one attached hydrogen (secondary N) is 2. The van der Waals surface area contributed by atoms with Crippen molar-refractivity contribution >= 4 is 38.8 Å². The quantitative estimate of drug-likeness (QED) is 0.738. The standard InChI is InChI=1S/C19H21BrN4O2/c1-23-7-10(8-24-9-16(25)22-19(24)26)5-12-11-3-2-4-14-17(11)13(6-15(12)23)18(20)21-14/h2-4,10,12,15,21H,5-9H2,1H3,(H,22,25,26)/t10-,12-,15-/m1/s1. The highest BCUT2D eigenvalue weighted by Crippen LogP contribution is 2.46. The lowest BCUT2D eigenvalue weighted by Crippen LogP contribution is -2.50. The fourth-order valence-electron chi connectivity index (χ4n) is 5.17. The number of likely N-dealkylation sites (N-methyl/N-ethyl adjacent to an activating group) is 1. The number of hydrogen-bond acceptors (Lipinski definition) is 3. The number of aromatic amines is 1. The van der Waals surface area contributed by atoms with Crippen LogP contribution in [0.15, 0.2) is 22.8 Å². The Morgan fingerprint density at radius 3 is 2.92 bits per heavy atom. The number of nitrogens with zero attached hydrogens (tertiary/aromatic N) is 2. The highest BCUT2D eigenvalue weighted by Gasteiger charge is 2.41. The summed E-state index contributed by atoms with van der Waals surface area (Å²) in [5.74, 6) is 0.636. The summed E-state index contributed by atoms with van der Waals surface area (Å²) in [6, 6.07) is 6.75. The summed E-state index contributed by atoms with van der Waals surface area (Å²) in [6.07, 6.45) is 2.09. The normalized spacial score (nSPS) is 28.5. The second kappa shape index (κ2) is 5.82. The molecule has 0 spiro atoms. The van der Waals surface area contributed by atoms with Gasteiger partial charge in [-0.2, -0.15) is 0 Å². The molecule has 6 nitrogen and oxygen atoms in total. The van der Waals surface area contributed by atoms with E-state index in [9.17, 15) is 9.59 Å². The highest BCUT2D eigenvalue weighted by molar-refractivity contribution is 9.10. The predicted molar refractivity (Wildman–Crippen MR) is 102 cm³/mol. The Morgan fingerprint density at radius 2 is 2.15 bits per heavy atom. The number of urea groups is 1. The molecule has 2 fully saturated rings. The molecule has 2 saturated heterocycles. The molecule has 26 heavy (non-hydrogen) atoms. The minimum absolute atomic E-state index is 0.192. The summed E-state index contributed by atoms with van der Waals surface area (Å²) < 4.78 is 1.10. The van der Waals surface area contributed by atoms with Crippen molar-refractivity contribution in [3.63, 3.8) is 0 Å². The number of aromatic nitrogens is 1. The molecule has 1 aromatic heterocycles. The van der Waals surface area contributed by atoms with E-state index >= 15 is 0 Å². The molecular formula is C19H21BrN4O2. The molecule has 2 aromatic rings. The van der Waals surface area contributed by atoms with Gasteiger partial charge in [0.25, 0.3) is 0 Å². The Labute approximate surface area is 160 Å². The number of H-pyrrole nitrogens is 1. The average molecular weight is 417 g/mol. The van der Waals surface area contributed by atoms with E-state index in [4.69, 9.17) is 0 Å². The van der Waals surface area contributed by atoms with Gasteiger partial charge in [0.05, 0.1) is 4.60 Å². The van der Waals surface area contributed by atoms with E-state index in [1.54, 1.807) is 4.90 Å². The zero-order chi connectivity index (χ0) is 18.0. The van der Waals surface area contributed by atoms with Gasteiger partial charge < -0.3 is 14.8 Å². The first-order valence-corrected chi connectivity index (χ1v) is 9.88. The lowest BCUT2D eigenvalue weighted by atomic mass is 9.72. The van der Waals surface area contributed by atoms with E-state index in [-0.39, 0.29) is 18.5 Å². The van der Waals surface area contributed by atoms with E-state index in [1.807, 2.05) is 0 Å². The number of carbonyl (C=O) groups is 2. The Bertz CT molecular complexity index is 924. The highest BCUT2D eigenvalue weighted by atomic mass is 79.9. The van der Waals surface area contributed by atoms with Crippen molar-refractivity contribution in [2.24, 2.45) is 5.92 Å². The zero-order valence-corrected chi connectivity index (χ0v) is 16.2. The van der Waals surface area contributed by atoms with Crippen LogP contribution in [-0.2, 0) is 11.2 Å². The van der Waals surface area contributed by atoms with Gasteiger partial charge in [0, 0.05) is 36.0 Å². The number of halogens is 1. The van der Waals surface area contributed by atoms with E-state index < -0.39 is 0 Å². The van der Waals surface area contributed by atoms with Gasteiger partial charge in [0.1, 0.15) is 6.54 Å². The molecule has 3 atom stereocenters. The third-order valence-corrected chi connectivity index (χ3v) is 6.91. The molecule has 3 heterocycles. The third-order valence-electron chi connectivity index (χ3n) is 6.23. The van der Waals surface area contributed by atoms with Gasteiger partial charge in [-0.3, -0.25) is 10.1 Å². The van der Waals surface area contributed by atoms with Crippen molar-refractivity contribution in [2.45, 2.75) is 24.8 Å². The number of benzene rings is 1.